The third-order valence-corrected chi connectivity index (χ3v) is 2.79. The normalized spacial score (nSPS) is 13.1. The van der Waals surface area contributed by atoms with Gasteiger partial charge in [-0.15, -0.1) is 0 Å². The molecule has 0 fully saturated rings. The van der Waals surface area contributed by atoms with Crippen LogP contribution in [0.25, 0.3) is 0 Å². The number of rotatable bonds is 5. The number of nitrogens with one attached hydrogen (secondary N) is 2. The molecule has 1 atom stereocenters. The van der Waals surface area contributed by atoms with E-state index in [0.29, 0.717) is 17.7 Å². The third-order valence-electron chi connectivity index (χ3n) is 2.79. The molecule has 1 rings (SSSR count). The van der Waals surface area contributed by atoms with E-state index in [2.05, 4.69) is 15.5 Å². The first kappa shape index (κ1) is 15.2. The molecule has 0 bridgehead atoms. The Morgan fingerprint density at radius 3 is 2.53 bits per heavy atom. The van der Waals surface area contributed by atoms with Crippen LogP contribution in [0.1, 0.15) is 43.2 Å². The number of H-pyrrole nitrogens is 1. The Morgan fingerprint density at radius 2 is 2.11 bits per heavy atom. The lowest BCUT2D eigenvalue weighted by Gasteiger charge is -2.23. The van der Waals surface area contributed by atoms with Crippen LogP contribution in [0, 0.1) is 18.3 Å². The number of hydrogen-bond acceptors (Lipinski definition) is 3. The molecular weight excluding hydrogens is 246 g/mol. The molecule has 106 valence electrons. The SMILES string of the molecule is Cc1[nH]ncc1C(=O)NCC(CC(C)(C)C)C(=O)O. The monoisotopic (exact) mass is 267 g/mol. The molecule has 0 radical (unpaired) electrons. The van der Waals surface area contributed by atoms with Crippen LogP contribution in [0.3, 0.4) is 0 Å². The minimum atomic E-state index is -0.890. The van der Waals surface area contributed by atoms with E-state index in [1.165, 1.54) is 6.20 Å². The van der Waals surface area contributed by atoms with Gasteiger partial charge in [-0.25, -0.2) is 0 Å². The van der Waals surface area contributed by atoms with E-state index in [0.717, 1.165) is 0 Å². The Balaban J connectivity index is 2.60. The molecule has 0 aliphatic carbocycles. The summed E-state index contributed by atoms with van der Waals surface area (Å²) in [4.78, 5) is 23.0. The number of aromatic nitrogens is 2. The molecule has 6 nitrogen and oxygen atoms in total. The lowest BCUT2D eigenvalue weighted by Crippen LogP contribution is -2.35. The number of nitrogens with zero attached hydrogens (tertiary/aromatic N) is 1. The first-order chi connectivity index (χ1) is 8.70. The maximum absolute atomic E-state index is 11.9. The largest absolute Gasteiger partial charge is 0.481 e. The fourth-order valence-corrected chi connectivity index (χ4v) is 1.88. The molecule has 1 amide bonds. The van der Waals surface area contributed by atoms with Gasteiger partial charge in [-0.2, -0.15) is 5.10 Å². The van der Waals surface area contributed by atoms with E-state index < -0.39 is 11.9 Å². The summed E-state index contributed by atoms with van der Waals surface area (Å²) in [5.41, 5.74) is 1.01. The van der Waals surface area contributed by atoms with Gasteiger partial charge in [0, 0.05) is 12.2 Å². The molecule has 0 aliphatic heterocycles. The van der Waals surface area contributed by atoms with Crippen molar-refractivity contribution in [3.8, 4) is 0 Å². The fourth-order valence-electron chi connectivity index (χ4n) is 1.88. The zero-order valence-corrected chi connectivity index (χ0v) is 11.8. The highest BCUT2D eigenvalue weighted by Crippen LogP contribution is 2.24. The number of hydrogen-bond donors (Lipinski definition) is 3. The van der Waals surface area contributed by atoms with Gasteiger partial charge in [0.25, 0.3) is 5.91 Å². The van der Waals surface area contributed by atoms with Crippen LogP contribution in [0.5, 0.6) is 0 Å². The first-order valence-electron chi connectivity index (χ1n) is 6.21. The number of carboxylic acid groups (broad SMARTS) is 1. The molecule has 19 heavy (non-hydrogen) atoms. The van der Waals surface area contributed by atoms with Crippen LogP contribution in [0.2, 0.25) is 0 Å². The Bertz CT molecular complexity index is 460. The lowest BCUT2D eigenvalue weighted by molar-refractivity contribution is -0.142. The minimum absolute atomic E-state index is 0.0979. The average molecular weight is 267 g/mol. The highest BCUT2D eigenvalue weighted by Gasteiger charge is 2.25. The van der Waals surface area contributed by atoms with Crippen molar-refractivity contribution in [2.24, 2.45) is 11.3 Å². The van der Waals surface area contributed by atoms with Crippen molar-refractivity contribution in [3.63, 3.8) is 0 Å². The third kappa shape index (κ3) is 4.73. The van der Waals surface area contributed by atoms with Crippen LogP contribution >= 0.6 is 0 Å². The van der Waals surface area contributed by atoms with Gasteiger partial charge in [0.15, 0.2) is 0 Å². The fraction of sp³-hybridized carbons (Fsp3) is 0.615. The first-order valence-corrected chi connectivity index (χ1v) is 6.21. The van der Waals surface area contributed by atoms with Crippen molar-refractivity contribution in [1.29, 1.82) is 0 Å². The number of carbonyl (C=O) groups is 2. The summed E-state index contributed by atoms with van der Waals surface area (Å²) in [5, 5.41) is 18.2. The average Bonchev–Trinajstić information content (AvgIpc) is 2.68. The van der Waals surface area contributed by atoms with Crippen LogP contribution in [0.4, 0.5) is 0 Å². The predicted octanol–water partition coefficient (Wildman–Crippen LogP) is 1.58. The summed E-state index contributed by atoms with van der Waals surface area (Å²) >= 11 is 0. The number of carbonyl (C=O) groups excluding carboxylic acids is 1. The molecule has 6 heteroatoms. The van der Waals surface area contributed by atoms with Crippen molar-refractivity contribution in [1.82, 2.24) is 15.5 Å². The summed E-state index contributed by atoms with van der Waals surface area (Å²) in [5.74, 6) is -1.78. The van der Waals surface area contributed by atoms with E-state index in [1.807, 2.05) is 20.8 Å². The summed E-state index contributed by atoms with van der Waals surface area (Å²) in [6.45, 7) is 7.79. The van der Waals surface area contributed by atoms with Gasteiger partial charge >= 0.3 is 5.97 Å². The van der Waals surface area contributed by atoms with Gasteiger partial charge in [-0.1, -0.05) is 20.8 Å². The topological polar surface area (TPSA) is 95.1 Å². The van der Waals surface area contributed by atoms with Gasteiger partial charge < -0.3 is 10.4 Å². The highest BCUT2D eigenvalue weighted by atomic mass is 16.4. The maximum Gasteiger partial charge on any atom is 0.308 e. The summed E-state index contributed by atoms with van der Waals surface area (Å²) in [7, 11) is 0. The van der Waals surface area contributed by atoms with E-state index >= 15 is 0 Å². The number of amides is 1. The molecule has 0 aromatic carbocycles. The maximum atomic E-state index is 11.9. The molecule has 0 saturated heterocycles. The molecular formula is C13H21N3O3. The van der Waals surface area contributed by atoms with Gasteiger partial charge in [0.2, 0.25) is 0 Å². The molecule has 1 aromatic heterocycles. The molecule has 3 N–H and O–H groups in total. The Kier molecular flexibility index (Phi) is 4.69. The second kappa shape index (κ2) is 5.86. The van der Waals surface area contributed by atoms with Crippen LogP contribution in [0.15, 0.2) is 6.20 Å². The van der Waals surface area contributed by atoms with Crippen LogP contribution in [-0.4, -0.2) is 33.7 Å². The summed E-state index contributed by atoms with van der Waals surface area (Å²) in [6, 6.07) is 0. The van der Waals surface area contributed by atoms with Crippen molar-refractivity contribution in [2.75, 3.05) is 6.54 Å². The second-order valence-corrected chi connectivity index (χ2v) is 5.92. The Hall–Kier alpha value is -1.85. The Morgan fingerprint density at radius 1 is 1.47 bits per heavy atom. The number of aryl methyl sites for hydroxylation is 1. The molecule has 1 heterocycles. The molecule has 0 spiro atoms. The van der Waals surface area contributed by atoms with E-state index in [-0.39, 0.29) is 17.9 Å². The second-order valence-electron chi connectivity index (χ2n) is 5.92. The van der Waals surface area contributed by atoms with Gasteiger partial charge in [0.1, 0.15) is 0 Å². The summed E-state index contributed by atoms with van der Waals surface area (Å²) < 4.78 is 0. The number of aromatic amines is 1. The van der Waals surface area contributed by atoms with Crippen molar-refractivity contribution in [3.05, 3.63) is 17.5 Å². The predicted molar refractivity (Wildman–Crippen MR) is 70.9 cm³/mol. The standard InChI is InChI=1S/C13H21N3O3/c1-8-10(7-15-16-8)11(17)14-6-9(12(18)19)5-13(2,3)4/h7,9H,5-6H2,1-4H3,(H,14,17)(H,15,16)(H,18,19). The van der Waals surface area contributed by atoms with E-state index in [4.69, 9.17) is 5.11 Å². The molecule has 0 aliphatic rings. The van der Waals surface area contributed by atoms with Crippen molar-refractivity contribution in [2.45, 2.75) is 34.1 Å². The number of aliphatic carboxylic acids is 1. The summed E-state index contributed by atoms with van der Waals surface area (Å²) in [6.07, 6.45) is 1.94. The van der Waals surface area contributed by atoms with Gasteiger partial charge in [-0.05, 0) is 18.8 Å². The molecule has 0 saturated carbocycles. The quantitative estimate of drug-likeness (QED) is 0.755. The van der Waals surface area contributed by atoms with Crippen molar-refractivity contribution >= 4 is 11.9 Å². The van der Waals surface area contributed by atoms with Crippen molar-refractivity contribution < 1.29 is 14.7 Å². The minimum Gasteiger partial charge on any atom is -0.481 e. The van der Waals surface area contributed by atoms with Crippen LogP contribution in [-0.2, 0) is 4.79 Å². The van der Waals surface area contributed by atoms with Gasteiger partial charge in [-0.3, -0.25) is 14.7 Å². The van der Waals surface area contributed by atoms with E-state index in [9.17, 15) is 9.59 Å². The van der Waals surface area contributed by atoms with Crippen LogP contribution < -0.4 is 5.32 Å². The zero-order valence-electron chi connectivity index (χ0n) is 11.8. The lowest BCUT2D eigenvalue weighted by atomic mass is 9.84. The Labute approximate surface area is 112 Å². The highest BCUT2D eigenvalue weighted by molar-refractivity contribution is 5.95. The molecule has 1 unspecified atom stereocenters. The number of carboxylic acids is 1. The molecule has 1 aromatic rings. The van der Waals surface area contributed by atoms with E-state index in [1.54, 1.807) is 6.92 Å². The zero-order chi connectivity index (χ0) is 14.6. The smallest absolute Gasteiger partial charge is 0.308 e. The van der Waals surface area contributed by atoms with Gasteiger partial charge in [0.05, 0.1) is 17.7 Å².